The lowest BCUT2D eigenvalue weighted by Crippen LogP contribution is -2.42. The Kier molecular flexibility index (Phi) is 9.98. The summed E-state index contributed by atoms with van der Waals surface area (Å²) in [5.74, 6) is -4.63. The Labute approximate surface area is 214 Å². The number of hydrogen-bond donors (Lipinski definition) is 2. The molecule has 214 valence electrons. The molecule has 0 radical (unpaired) electrons. The highest BCUT2D eigenvalue weighted by Gasteiger charge is 2.78. The molecule has 4 saturated carbocycles. The maximum absolute atomic E-state index is 13.2. The summed E-state index contributed by atoms with van der Waals surface area (Å²) in [5, 5.41) is 18.6. The first-order valence-electron chi connectivity index (χ1n) is 13.5. The Morgan fingerprint density at radius 1 is 0.806 bits per heavy atom. The lowest BCUT2D eigenvalue weighted by atomic mass is 9.92. The van der Waals surface area contributed by atoms with E-state index in [4.69, 9.17) is 5.11 Å². The summed E-state index contributed by atoms with van der Waals surface area (Å²) in [4.78, 5) is 4.39. The number of halogens is 4. The normalized spacial score (nSPS) is 38.3. The number of hydrogen-bond acceptors (Lipinski definition) is 4. The Morgan fingerprint density at radius 2 is 1.25 bits per heavy atom. The van der Waals surface area contributed by atoms with E-state index < -0.39 is 29.3 Å². The van der Waals surface area contributed by atoms with Crippen molar-refractivity contribution >= 4 is 0 Å². The molecule has 36 heavy (non-hydrogen) atoms. The van der Waals surface area contributed by atoms with Crippen molar-refractivity contribution in [3.63, 3.8) is 0 Å². The van der Waals surface area contributed by atoms with Crippen LogP contribution in [0.25, 0.3) is 0 Å². The van der Waals surface area contributed by atoms with Crippen LogP contribution < -0.4 is 0 Å². The van der Waals surface area contributed by atoms with E-state index >= 15 is 0 Å². The van der Waals surface area contributed by atoms with Gasteiger partial charge in [-0.15, -0.1) is 0 Å². The van der Waals surface area contributed by atoms with E-state index in [2.05, 4.69) is 18.7 Å². The van der Waals surface area contributed by atoms with Crippen molar-refractivity contribution in [3.05, 3.63) is 0 Å². The van der Waals surface area contributed by atoms with Gasteiger partial charge in [0.25, 0.3) is 11.8 Å². The fraction of sp³-hybridized carbons (Fsp3) is 1.00. The van der Waals surface area contributed by atoms with Crippen LogP contribution >= 0.6 is 0 Å². The number of aliphatic hydroxyl groups excluding tert-OH is 2. The Hall–Kier alpha value is -0.480. The third-order valence-corrected chi connectivity index (χ3v) is 9.32. The molecule has 1 spiro atoms. The van der Waals surface area contributed by atoms with Gasteiger partial charge in [0, 0.05) is 36.8 Å². The van der Waals surface area contributed by atoms with Crippen molar-refractivity contribution < 1.29 is 33.3 Å². The Balaban J connectivity index is 0.000000225. The van der Waals surface area contributed by atoms with Crippen molar-refractivity contribution in [2.45, 2.75) is 103 Å². The zero-order chi connectivity index (χ0) is 24.8. The summed E-state index contributed by atoms with van der Waals surface area (Å²) >= 11 is 0. The smallest absolute Gasteiger partial charge is 0.258 e. The molecule has 0 bridgehead atoms. The molecule has 4 unspecified atom stereocenters. The van der Waals surface area contributed by atoms with Gasteiger partial charge in [-0.2, -0.15) is 0 Å². The monoisotopic (exact) mass is 526 g/mol. The molecule has 0 aromatic heterocycles. The van der Waals surface area contributed by atoms with Crippen LogP contribution in [-0.4, -0.2) is 89.3 Å². The molecular weight excluding hydrogens is 476 g/mol. The number of likely N-dealkylation sites (tertiary alicyclic amines) is 2. The highest BCUT2D eigenvalue weighted by molar-refractivity contribution is 5.27. The molecule has 0 amide bonds. The topological polar surface area (TPSA) is 78.4 Å². The number of aliphatic hydroxyl groups is 2. The van der Waals surface area contributed by atoms with E-state index in [1.807, 2.05) is 0 Å². The van der Waals surface area contributed by atoms with Gasteiger partial charge in [-0.1, -0.05) is 40.5 Å². The number of nitrogens with zero attached hydrogens (tertiary/aromatic N) is 2. The number of rotatable bonds is 5. The number of piperidine rings is 1. The van der Waals surface area contributed by atoms with Crippen LogP contribution in [0.2, 0.25) is 0 Å². The predicted molar refractivity (Wildman–Crippen MR) is 135 cm³/mol. The van der Waals surface area contributed by atoms with E-state index in [-0.39, 0.29) is 38.4 Å². The van der Waals surface area contributed by atoms with E-state index in [1.165, 1.54) is 58.2 Å². The second-order valence-corrected chi connectivity index (χ2v) is 12.1. The summed E-state index contributed by atoms with van der Waals surface area (Å²) < 4.78 is 52.7. The van der Waals surface area contributed by atoms with Crippen LogP contribution in [0, 0.1) is 22.2 Å². The predicted octanol–water partition coefficient (Wildman–Crippen LogP) is 4.60. The molecule has 6 rings (SSSR count). The second kappa shape index (κ2) is 11.3. The summed E-state index contributed by atoms with van der Waals surface area (Å²) in [6, 6.07) is 0. The lowest BCUT2D eigenvalue weighted by Gasteiger charge is -2.34. The molecule has 6 fully saturated rings. The van der Waals surface area contributed by atoms with Crippen LogP contribution in [0.1, 0.15) is 85.5 Å². The van der Waals surface area contributed by atoms with Crippen molar-refractivity contribution in [3.8, 4) is 0 Å². The van der Waals surface area contributed by atoms with Gasteiger partial charge in [0.2, 0.25) is 0 Å². The molecule has 0 aromatic carbocycles. The van der Waals surface area contributed by atoms with Crippen LogP contribution in [-0.2, 0) is 0 Å². The van der Waals surface area contributed by atoms with E-state index in [0.29, 0.717) is 37.3 Å². The first kappa shape index (κ1) is 31.7. The first-order chi connectivity index (χ1) is 16.0. The van der Waals surface area contributed by atoms with Gasteiger partial charge < -0.3 is 25.5 Å². The van der Waals surface area contributed by atoms with Gasteiger partial charge in [-0.05, 0) is 64.2 Å². The molecule has 0 aromatic rings. The quantitative estimate of drug-likeness (QED) is 0.514. The largest absolute Gasteiger partial charge is 0.412 e. The average Bonchev–Trinajstić information content (AvgIpc) is 3.72. The van der Waals surface area contributed by atoms with E-state index in [0.717, 1.165) is 0 Å². The van der Waals surface area contributed by atoms with Crippen LogP contribution in [0.4, 0.5) is 17.6 Å². The highest BCUT2D eigenvalue weighted by atomic mass is 19.3. The minimum Gasteiger partial charge on any atom is -0.412 e. The third-order valence-electron chi connectivity index (χ3n) is 9.32. The SMILES string of the molecule is C.CCC.O.OC1C2CC12CN1CCCCCC1.OCC1(CN2CCC3(CC2)CC3(F)F)CC1(F)F. The fourth-order valence-corrected chi connectivity index (χ4v) is 6.23. The van der Waals surface area contributed by atoms with E-state index in [1.54, 1.807) is 4.90 Å². The minimum atomic E-state index is -2.79. The fourth-order valence-electron chi connectivity index (χ4n) is 6.23. The van der Waals surface area contributed by atoms with Gasteiger partial charge in [0.15, 0.2) is 0 Å². The van der Waals surface area contributed by atoms with Gasteiger partial charge in [0.1, 0.15) is 0 Å². The second-order valence-electron chi connectivity index (χ2n) is 12.1. The molecule has 4 N–H and O–H groups in total. The number of fused-ring (bicyclic) bond motifs is 1. The maximum atomic E-state index is 13.2. The third kappa shape index (κ3) is 6.05. The zero-order valence-corrected chi connectivity index (χ0v) is 21.5. The highest BCUT2D eigenvalue weighted by Crippen LogP contribution is 2.75. The van der Waals surface area contributed by atoms with Gasteiger partial charge >= 0.3 is 0 Å². The average molecular weight is 527 g/mol. The molecule has 4 atom stereocenters. The zero-order valence-electron chi connectivity index (χ0n) is 21.5. The standard InChI is InChI=1S/C12H17F4NO.C11H19NO.C3H8.CH4.H2O/c13-11(14)5-9(11)1-3-17(4-2-9)7-10(8-18)6-12(10,15)16;13-10-9-7-11(9,10)8-12-5-3-1-2-4-6-12;1-3-2;;/h18H,1-8H2;9-10,13H,1-8H2;3H2,1-2H3;1H4;1H2. The molecule has 2 heterocycles. The van der Waals surface area contributed by atoms with Crippen LogP contribution in [0.3, 0.4) is 0 Å². The molecule has 2 saturated heterocycles. The summed E-state index contributed by atoms with van der Waals surface area (Å²) in [6.45, 7) is 8.47. The molecule has 5 nitrogen and oxygen atoms in total. The lowest BCUT2D eigenvalue weighted by molar-refractivity contribution is -0.00294. The van der Waals surface area contributed by atoms with Crippen LogP contribution in [0.15, 0.2) is 0 Å². The molecule has 4 aliphatic carbocycles. The molecule has 6 aliphatic rings. The van der Waals surface area contributed by atoms with E-state index in [9.17, 15) is 22.7 Å². The number of alkyl halides is 4. The Morgan fingerprint density at radius 3 is 1.58 bits per heavy atom. The molecule has 9 heteroatoms. The van der Waals surface area contributed by atoms with Gasteiger partial charge in [-0.3, -0.25) is 0 Å². The van der Waals surface area contributed by atoms with Crippen molar-refractivity contribution in [1.82, 2.24) is 9.80 Å². The van der Waals surface area contributed by atoms with Gasteiger partial charge in [-0.25, -0.2) is 17.6 Å². The first-order valence-corrected chi connectivity index (χ1v) is 13.5. The summed E-state index contributed by atoms with van der Waals surface area (Å²) in [7, 11) is 0. The van der Waals surface area contributed by atoms with Crippen LogP contribution in [0.5, 0.6) is 0 Å². The molecular formula is C27H50F4N2O3. The minimum absolute atomic E-state index is 0. The summed E-state index contributed by atoms with van der Waals surface area (Å²) in [6.07, 6.45) is 8.64. The van der Waals surface area contributed by atoms with Crippen molar-refractivity contribution in [1.29, 1.82) is 0 Å². The van der Waals surface area contributed by atoms with Gasteiger partial charge in [0.05, 0.1) is 18.1 Å². The van der Waals surface area contributed by atoms with Crippen molar-refractivity contribution in [2.75, 3.05) is 45.9 Å². The Bertz CT molecular complexity index is 705. The van der Waals surface area contributed by atoms with Crippen molar-refractivity contribution in [2.24, 2.45) is 22.2 Å². The molecule has 2 aliphatic heterocycles. The summed E-state index contributed by atoms with van der Waals surface area (Å²) in [5.41, 5.74) is -1.75. The maximum Gasteiger partial charge on any atom is 0.258 e.